The van der Waals surface area contributed by atoms with Crippen LogP contribution in [0.25, 0.3) is 0 Å². The van der Waals surface area contributed by atoms with Crippen LogP contribution in [-0.4, -0.2) is 29.7 Å². The number of hydrogen-bond donors (Lipinski definition) is 1. The Hall–Kier alpha value is -1.58. The van der Waals surface area contributed by atoms with Gasteiger partial charge in [0.25, 0.3) is 0 Å². The Balaban J connectivity index is 2.40. The highest BCUT2D eigenvalue weighted by Crippen LogP contribution is 1.93. The minimum Gasteiger partial charge on any atom is -0.352 e. The lowest BCUT2D eigenvalue weighted by Gasteiger charge is -2.14. The van der Waals surface area contributed by atoms with Crippen molar-refractivity contribution in [2.75, 3.05) is 6.54 Å². The average molecular weight is 193 g/mol. The van der Waals surface area contributed by atoms with Crippen molar-refractivity contribution in [2.45, 2.75) is 19.9 Å². The molecule has 0 unspecified atom stereocenters. The number of nitrogens with one attached hydrogen (secondary N) is 1. The lowest BCUT2D eigenvalue weighted by molar-refractivity contribution is -0.121. The van der Waals surface area contributed by atoms with E-state index in [9.17, 15) is 4.79 Å². The largest absolute Gasteiger partial charge is 0.352 e. The summed E-state index contributed by atoms with van der Waals surface area (Å²) in [5, 5.41) is 2.81. The van der Waals surface area contributed by atoms with Crippen molar-refractivity contribution in [1.82, 2.24) is 10.2 Å². The van der Waals surface area contributed by atoms with E-state index in [1.54, 1.807) is 17.4 Å². The van der Waals surface area contributed by atoms with Crippen LogP contribution in [0.5, 0.6) is 0 Å². The summed E-state index contributed by atoms with van der Waals surface area (Å²) in [6.07, 6.45) is 8.77. The van der Waals surface area contributed by atoms with Gasteiger partial charge >= 0.3 is 0 Å². The molecule has 1 N–H and O–H groups in total. The second-order valence-corrected chi connectivity index (χ2v) is 3.34. The van der Waals surface area contributed by atoms with Gasteiger partial charge in [-0.1, -0.05) is 0 Å². The van der Waals surface area contributed by atoms with Gasteiger partial charge in [-0.15, -0.1) is 0 Å². The average Bonchev–Trinajstić information content (AvgIpc) is 2.31. The van der Waals surface area contributed by atoms with Crippen molar-refractivity contribution in [2.24, 2.45) is 4.99 Å². The van der Waals surface area contributed by atoms with Crippen LogP contribution in [0.4, 0.5) is 0 Å². The Morgan fingerprint density at radius 2 is 2.29 bits per heavy atom. The van der Waals surface area contributed by atoms with Crippen molar-refractivity contribution in [3.63, 3.8) is 0 Å². The van der Waals surface area contributed by atoms with Crippen LogP contribution in [0.1, 0.15) is 13.8 Å². The highest BCUT2D eigenvalue weighted by molar-refractivity contribution is 5.81. The van der Waals surface area contributed by atoms with Crippen molar-refractivity contribution in [3.8, 4) is 0 Å². The topological polar surface area (TPSA) is 44.7 Å². The van der Waals surface area contributed by atoms with Gasteiger partial charge in [0.2, 0.25) is 5.91 Å². The van der Waals surface area contributed by atoms with Crippen molar-refractivity contribution >= 4 is 12.2 Å². The molecule has 4 heteroatoms. The lowest BCUT2D eigenvalue weighted by atomic mass is 10.4. The number of carbonyl (C=O) groups is 1. The van der Waals surface area contributed by atoms with Gasteiger partial charge in [-0.05, 0) is 26.0 Å². The van der Waals surface area contributed by atoms with E-state index in [4.69, 9.17) is 0 Å². The van der Waals surface area contributed by atoms with E-state index in [-0.39, 0.29) is 11.9 Å². The molecule has 0 atom stereocenters. The third kappa shape index (κ3) is 3.89. The molecule has 0 aromatic carbocycles. The molecule has 14 heavy (non-hydrogen) atoms. The van der Waals surface area contributed by atoms with Gasteiger partial charge < -0.3 is 10.2 Å². The monoisotopic (exact) mass is 193 g/mol. The van der Waals surface area contributed by atoms with Crippen LogP contribution < -0.4 is 5.32 Å². The first-order valence-corrected chi connectivity index (χ1v) is 4.60. The molecule has 4 nitrogen and oxygen atoms in total. The lowest BCUT2D eigenvalue weighted by Crippen LogP contribution is -2.37. The second kappa shape index (κ2) is 5.21. The SMILES string of the molecule is CC(C)NC(=O)CN1C=CC=CN=C1. The van der Waals surface area contributed by atoms with E-state index in [0.717, 1.165) is 0 Å². The van der Waals surface area contributed by atoms with Crippen LogP contribution in [0.15, 0.2) is 29.5 Å². The highest BCUT2D eigenvalue weighted by atomic mass is 16.2. The smallest absolute Gasteiger partial charge is 0.240 e. The first-order chi connectivity index (χ1) is 6.68. The van der Waals surface area contributed by atoms with E-state index in [1.165, 1.54) is 0 Å². The minimum absolute atomic E-state index is 0.00185. The molecule has 1 heterocycles. The van der Waals surface area contributed by atoms with Crippen molar-refractivity contribution in [3.05, 3.63) is 24.6 Å². The van der Waals surface area contributed by atoms with Crippen molar-refractivity contribution < 1.29 is 4.79 Å². The van der Waals surface area contributed by atoms with Gasteiger partial charge in [0.1, 0.15) is 6.54 Å². The summed E-state index contributed by atoms with van der Waals surface area (Å²) in [6.45, 7) is 4.18. The molecule has 0 radical (unpaired) electrons. The first-order valence-electron chi connectivity index (χ1n) is 4.60. The predicted molar refractivity (Wildman–Crippen MR) is 56.8 cm³/mol. The summed E-state index contributed by atoms with van der Waals surface area (Å²) in [6, 6.07) is 0.175. The minimum atomic E-state index is -0.00185. The molecule has 1 aliphatic heterocycles. The fourth-order valence-corrected chi connectivity index (χ4v) is 1.05. The Bertz CT molecular complexity index is 263. The van der Waals surface area contributed by atoms with Gasteiger partial charge in [-0.25, -0.2) is 4.99 Å². The van der Waals surface area contributed by atoms with E-state index < -0.39 is 0 Å². The second-order valence-electron chi connectivity index (χ2n) is 3.34. The fraction of sp³-hybridized carbons (Fsp3) is 0.400. The molecule has 0 spiro atoms. The molecular formula is C10H15N3O. The van der Waals surface area contributed by atoms with Gasteiger partial charge in [-0.3, -0.25) is 4.79 Å². The van der Waals surface area contributed by atoms with Crippen LogP contribution in [0.2, 0.25) is 0 Å². The van der Waals surface area contributed by atoms with Gasteiger partial charge in [0, 0.05) is 18.4 Å². The molecule has 0 fully saturated rings. The first kappa shape index (κ1) is 10.5. The highest BCUT2D eigenvalue weighted by Gasteiger charge is 2.06. The molecule has 1 amide bonds. The third-order valence-corrected chi connectivity index (χ3v) is 1.55. The molecule has 0 saturated heterocycles. The molecule has 0 aliphatic carbocycles. The number of rotatable bonds is 3. The molecule has 0 aromatic heterocycles. The van der Waals surface area contributed by atoms with Crippen LogP contribution >= 0.6 is 0 Å². The van der Waals surface area contributed by atoms with Gasteiger partial charge in [0.15, 0.2) is 0 Å². The Labute approximate surface area is 84.0 Å². The Morgan fingerprint density at radius 3 is 3.00 bits per heavy atom. The van der Waals surface area contributed by atoms with E-state index >= 15 is 0 Å². The third-order valence-electron chi connectivity index (χ3n) is 1.55. The maximum atomic E-state index is 11.4. The fourth-order valence-electron chi connectivity index (χ4n) is 1.05. The molecule has 0 bridgehead atoms. The zero-order valence-electron chi connectivity index (χ0n) is 8.47. The number of nitrogens with zero attached hydrogens (tertiary/aromatic N) is 2. The molecule has 1 aliphatic rings. The Morgan fingerprint density at radius 1 is 1.50 bits per heavy atom. The number of aliphatic imine (C=N–C) groups is 1. The summed E-state index contributed by atoms with van der Waals surface area (Å²) in [4.78, 5) is 17.1. The zero-order valence-corrected chi connectivity index (χ0v) is 8.47. The van der Waals surface area contributed by atoms with Crippen molar-refractivity contribution in [1.29, 1.82) is 0 Å². The summed E-state index contributed by atoms with van der Waals surface area (Å²) in [5.74, 6) is -0.00185. The molecule has 0 aromatic rings. The standard InChI is InChI=1S/C10H15N3O/c1-9(2)12-10(14)7-13-6-4-3-5-11-8-13/h3-6,8-9H,7H2,1-2H3,(H,12,14). The quantitative estimate of drug-likeness (QED) is 0.723. The number of amides is 1. The van der Waals surface area contributed by atoms with Crippen LogP contribution in [0, 0.1) is 0 Å². The predicted octanol–water partition coefficient (Wildman–Crippen LogP) is 0.882. The molecular weight excluding hydrogens is 178 g/mol. The number of hydrogen-bond acceptors (Lipinski definition) is 3. The molecule has 0 saturated carbocycles. The zero-order chi connectivity index (χ0) is 10.4. The molecule has 76 valence electrons. The molecule has 1 rings (SSSR count). The maximum Gasteiger partial charge on any atom is 0.240 e. The number of carbonyl (C=O) groups excluding carboxylic acids is 1. The van der Waals surface area contributed by atoms with Crippen LogP contribution in [0.3, 0.4) is 0 Å². The normalized spacial score (nSPS) is 14.6. The van der Waals surface area contributed by atoms with Gasteiger partial charge in [0.05, 0.1) is 6.34 Å². The summed E-state index contributed by atoms with van der Waals surface area (Å²) < 4.78 is 0. The van der Waals surface area contributed by atoms with Crippen LogP contribution in [-0.2, 0) is 4.79 Å². The van der Waals surface area contributed by atoms with E-state index in [0.29, 0.717) is 6.54 Å². The number of allylic oxidation sites excluding steroid dienone is 2. The van der Waals surface area contributed by atoms with E-state index in [2.05, 4.69) is 10.3 Å². The Kier molecular flexibility index (Phi) is 3.91. The van der Waals surface area contributed by atoms with Gasteiger partial charge in [-0.2, -0.15) is 0 Å². The maximum absolute atomic E-state index is 11.4. The summed E-state index contributed by atoms with van der Waals surface area (Å²) in [5.41, 5.74) is 0. The summed E-state index contributed by atoms with van der Waals surface area (Å²) in [7, 11) is 0. The summed E-state index contributed by atoms with van der Waals surface area (Å²) >= 11 is 0. The van der Waals surface area contributed by atoms with E-state index in [1.807, 2.05) is 32.2 Å².